The number of nitro groups is 1. The number of aromatic nitrogens is 1. The highest BCUT2D eigenvalue weighted by Gasteiger charge is 2.16. The van der Waals surface area contributed by atoms with E-state index in [0.29, 0.717) is 17.9 Å². The van der Waals surface area contributed by atoms with Crippen molar-refractivity contribution in [2.24, 2.45) is 0 Å². The van der Waals surface area contributed by atoms with Gasteiger partial charge in [0.25, 0.3) is 0 Å². The Labute approximate surface area is 122 Å². The third kappa shape index (κ3) is 3.55. The van der Waals surface area contributed by atoms with Gasteiger partial charge in [0.05, 0.1) is 22.9 Å². The van der Waals surface area contributed by atoms with Crippen LogP contribution in [0.1, 0.15) is 31.2 Å². The molecule has 6 heteroatoms. The van der Waals surface area contributed by atoms with E-state index in [0.717, 1.165) is 5.56 Å². The molecule has 2 rings (SSSR count). The topological polar surface area (TPSA) is 85.5 Å². The predicted octanol–water partition coefficient (Wildman–Crippen LogP) is 3.40. The van der Waals surface area contributed by atoms with Crippen molar-refractivity contribution in [3.8, 4) is 11.5 Å². The Kier molecular flexibility index (Phi) is 4.49. The molecule has 1 atom stereocenters. The standard InChI is InChI=1S/C15H16N2O4/c1-3-11-4-7-15(14(8-11)17(19)20)21-12-5-6-13(10(2)18)16-9-12/h4-10,18H,3H2,1-2H3/t10-/m1/s1. The molecule has 0 saturated carbocycles. The number of pyridine rings is 1. The second kappa shape index (κ2) is 6.32. The summed E-state index contributed by atoms with van der Waals surface area (Å²) in [5, 5.41) is 20.5. The van der Waals surface area contributed by atoms with Crippen molar-refractivity contribution in [2.75, 3.05) is 0 Å². The van der Waals surface area contributed by atoms with E-state index in [-0.39, 0.29) is 11.4 Å². The Balaban J connectivity index is 2.28. The summed E-state index contributed by atoms with van der Waals surface area (Å²) < 4.78 is 5.52. The summed E-state index contributed by atoms with van der Waals surface area (Å²) in [6.45, 7) is 3.54. The van der Waals surface area contributed by atoms with Crippen LogP contribution in [0, 0.1) is 10.1 Å². The van der Waals surface area contributed by atoms with Crippen LogP contribution in [0.2, 0.25) is 0 Å². The summed E-state index contributed by atoms with van der Waals surface area (Å²) >= 11 is 0. The van der Waals surface area contributed by atoms with Gasteiger partial charge in [-0.05, 0) is 37.1 Å². The van der Waals surface area contributed by atoms with Crippen LogP contribution in [-0.4, -0.2) is 15.0 Å². The van der Waals surface area contributed by atoms with Crippen LogP contribution in [0.5, 0.6) is 11.5 Å². The zero-order valence-electron chi connectivity index (χ0n) is 11.8. The van der Waals surface area contributed by atoms with E-state index in [2.05, 4.69) is 4.98 Å². The highest BCUT2D eigenvalue weighted by molar-refractivity contribution is 5.50. The zero-order chi connectivity index (χ0) is 15.4. The first-order chi connectivity index (χ1) is 10.0. The minimum atomic E-state index is -0.669. The Hall–Kier alpha value is -2.47. The smallest absolute Gasteiger partial charge is 0.311 e. The van der Waals surface area contributed by atoms with E-state index in [9.17, 15) is 15.2 Å². The highest BCUT2D eigenvalue weighted by atomic mass is 16.6. The van der Waals surface area contributed by atoms with E-state index in [1.54, 1.807) is 31.2 Å². The summed E-state index contributed by atoms with van der Waals surface area (Å²) in [5.41, 5.74) is 1.31. The van der Waals surface area contributed by atoms with E-state index < -0.39 is 11.0 Å². The number of hydrogen-bond acceptors (Lipinski definition) is 5. The summed E-state index contributed by atoms with van der Waals surface area (Å²) in [6, 6.07) is 8.12. The zero-order valence-corrected chi connectivity index (χ0v) is 11.8. The summed E-state index contributed by atoms with van der Waals surface area (Å²) in [7, 11) is 0. The lowest BCUT2D eigenvalue weighted by atomic mass is 10.1. The molecule has 0 radical (unpaired) electrons. The van der Waals surface area contributed by atoms with Crippen LogP contribution >= 0.6 is 0 Å². The number of aliphatic hydroxyl groups is 1. The second-order valence-corrected chi connectivity index (χ2v) is 4.61. The van der Waals surface area contributed by atoms with Gasteiger partial charge in [-0.25, -0.2) is 0 Å². The molecule has 1 aromatic carbocycles. The number of nitro benzene ring substituents is 1. The van der Waals surface area contributed by atoms with Gasteiger partial charge in [-0.1, -0.05) is 13.0 Å². The van der Waals surface area contributed by atoms with Gasteiger partial charge in [-0.15, -0.1) is 0 Å². The van der Waals surface area contributed by atoms with Crippen molar-refractivity contribution < 1.29 is 14.8 Å². The highest BCUT2D eigenvalue weighted by Crippen LogP contribution is 2.32. The number of aliphatic hydroxyl groups excluding tert-OH is 1. The molecule has 0 aliphatic heterocycles. The normalized spacial score (nSPS) is 12.0. The molecule has 0 spiro atoms. The van der Waals surface area contributed by atoms with Crippen LogP contribution < -0.4 is 4.74 Å². The first-order valence-electron chi connectivity index (χ1n) is 6.60. The van der Waals surface area contributed by atoms with Gasteiger partial charge in [0.15, 0.2) is 0 Å². The van der Waals surface area contributed by atoms with Gasteiger partial charge < -0.3 is 9.84 Å². The number of rotatable bonds is 5. The van der Waals surface area contributed by atoms with Crippen LogP contribution in [0.25, 0.3) is 0 Å². The first-order valence-corrected chi connectivity index (χ1v) is 6.60. The average molecular weight is 288 g/mol. The fraction of sp³-hybridized carbons (Fsp3) is 0.267. The average Bonchev–Trinajstić information content (AvgIpc) is 2.48. The van der Waals surface area contributed by atoms with Gasteiger partial charge in [0, 0.05) is 6.07 Å². The number of benzene rings is 1. The van der Waals surface area contributed by atoms with Gasteiger partial charge in [-0.2, -0.15) is 0 Å². The van der Waals surface area contributed by atoms with E-state index in [1.165, 1.54) is 12.3 Å². The molecule has 6 nitrogen and oxygen atoms in total. The molecule has 0 amide bonds. The molecule has 21 heavy (non-hydrogen) atoms. The maximum absolute atomic E-state index is 11.1. The van der Waals surface area contributed by atoms with Crippen LogP contribution in [0.15, 0.2) is 36.5 Å². The molecule has 0 fully saturated rings. The van der Waals surface area contributed by atoms with Crippen molar-refractivity contribution >= 4 is 5.69 Å². The van der Waals surface area contributed by atoms with Crippen molar-refractivity contribution in [3.05, 3.63) is 57.9 Å². The third-order valence-electron chi connectivity index (χ3n) is 3.04. The Morgan fingerprint density at radius 1 is 1.38 bits per heavy atom. The molecule has 2 aromatic rings. The number of ether oxygens (including phenoxy) is 1. The van der Waals surface area contributed by atoms with E-state index >= 15 is 0 Å². The minimum absolute atomic E-state index is 0.0750. The fourth-order valence-corrected chi connectivity index (χ4v) is 1.84. The molecular formula is C15H16N2O4. The number of nitrogens with zero attached hydrogens (tertiary/aromatic N) is 2. The maximum atomic E-state index is 11.1. The van der Waals surface area contributed by atoms with Crippen LogP contribution in [0.3, 0.4) is 0 Å². The van der Waals surface area contributed by atoms with Gasteiger partial charge >= 0.3 is 5.69 Å². The Morgan fingerprint density at radius 3 is 2.67 bits per heavy atom. The molecule has 1 N–H and O–H groups in total. The van der Waals surface area contributed by atoms with Crippen LogP contribution in [0.4, 0.5) is 5.69 Å². The quantitative estimate of drug-likeness (QED) is 0.673. The lowest BCUT2D eigenvalue weighted by Gasteiger charge is -2.08. The monoisotopic (exact) mass is 288 g/mol. The molecule has 1 aromatic heterocycles. The lowest BCUT2D eigenvalue weighted by Crippen LogP contribution is -1.97. The van der Waals surface area contributed by atoms with E-state index in [1.807, 2.05) is 6.92 Å². The van der Waals surface area contributed by atoms with Crippen molar-refractivity contribution in [3.63, 3.8) is 0 Å². The molecule has 0 bridgehead atoms. The summed E-state index contributed by atoms with van der Waals surface area (Å²) in [6.07, 6.45) is 1.47. The largest absolute Gasteiger partial charge is 0.449 e. The molecule has 0 saturated heterocycles. The molecule has 0 aliphatic carbocycles. The number of hydrogen-bond donors (Lipinski definition) is 1. The van der Waals surface area contributed by atoms with Crippen LogP contribution in [-0.2, 0) is 6.42 Å². The van der Waals surface area contributed by atoms with Crippen molar-refractivity contribution in [1.82, 2.24) is 4.98 Å². The summed E-state index contributed by atoms with van der Waals surface area (Å²) in [4.78, 5) is 14.7. The SMILES string of the molecule is CCc1ccc(Oc2ccc([C@@H](C)O)nc2)c([N+](=O)[O-])c1. The Bertz CT molecular complexity index is 639. The Morgan fingerprint density at radius 2 is 2.14 bits per heavy atom. The maximum Gasteiger partial charge on any atom is 0.311 e. The molecule has 0 aliphatic rings. The van der Waals surface area contributed by atoms with Gasteiger partial charge in [-0.3, -0.25) is 15.1 Å². The predicted molar refractivity (Wildman–Crippen MR) is 77.4 cm³/mol. The van der Waals surface area contributed by atoms with Gasteiger partial charge in [0.1, 0.15) is 5.75 Å². The van der Waals surface area contributed by atoms with E-state index in [4.69, 9.17) is 4.74 Å². The molecule has 110 valence electrons. The second-order valence-electron chi connectivity index (χ2n) is 4.61. The fourth-order valence-electron chi connectivity index (χ4n) is 1.84. The summed E-state index contributed by atoms with van der Waals surface area (Å²) in [5.74, 6) is 0.551. The number of aryl methyl sites for hydroxylation is 1. The minimum Gasteiger partial charge on any atom is -0.449 e. The van der Waals surface area contributed by atoms with Gasteiger partial charge in [0.2, 0.25) is 5.75 Å². The van der Waals surface area contributed by atoms with Crippen molar-refractivity contribution in [1.29, 1.82) is 0 Å². The molecular weight excluding hydrogens is 272 g/mol. The third-order valence-corrected chi connectivity index (χ3v) is 3.04. The molecule has 1 heterocycles. The van der Waals surface area contributed by atoms with Crippen molar-refractivity contribution in [2.45, 2.75) is 26.4 Å². The lowest BCUT2D eigenvalue weighted by molar-refractivity contribution is -0.385. The first kappa shape index (κ1) is 14.9. The molecule has 0 unspecified atom stereocenters.